The number of esters is 1. The molecule has 1 aliphatic rings. The first-order valence-corrected chi connectivity index (χ1v) is 9.54. The second-order valence-corrected chi connectivity index (χ2v) is 7.28. The third-order valence-corrected chi connectivity index (χ3v) is 5.02. The zero-order valence-electron chi connectivity index (χ0n) is 16.2. The minimum absolute atomic E-state index is 0.294. The lowest BCUT2D eigenvalue weighted by Gasteiger charge is -2.15. The summed E-state index contributed by atoms with van der Waals surface area (Å²) in [6.07, 6.45) is 4.73. The SMILES string of the molecule is CN(C)CCn1ncc(C(=O)O[C@H]2CCc3cccnc32)c1-c1ccccc1. The molecule has 28 heavy (non-hydrogen) atoms. The average Bonchev–Trinajstić information content (AvgIpc) is 3.31. The van der Waals surface area contributed by atoms with Crippen LogP contribution < -0.4 is 0 Å². The highest BCUT2D eigenvalue weighted by Crippen LogP contribution is 2.34. The van der Waals surface area contributed by atoms with E-state index in [1.807, 2.05) is 61.2 Å². The Bertz CT molecular complexity index is 966. The summed E-state index contributed by atoms with van der Waals surface area (Å²) in [5.74, 6) is -0.349. The summed E-state index contributed by atoms with van der Waals surface area (Å²) in [5, 5.41) is 4.48. The molecule has 0 amide bonds. The van der Waals surface area contributed by atoms with Crippen LogP contribution in [-0.4, -0.2) is 46.3 Å². The van der Waals surface area contributed by atoms with Crippen molar-refractivity contribution in [2.75, 3.05) is 20.6 Å². The average molecular weight is 376 g/mol. The van der Waals surface area contributed by atoms with Crippen LogP contribution in [0, 0.1) is 0 Å². The number of aromatic nitrogens is 3. The largest absolute Gasteiger partial charge is 0.452 e. The van der Waals surface area contributed by atoms with Gasteiger partial charge in [0.2, 0.25) is 0 Å². The molecule has 6 nitrogen and oxygen atoms in total. The zero-order valence-corrected chi connectivity index (χ0v) is 16.2. The molecule has 6 heteroatoms. The van der Waals surface area contributed by atoms with Crippen molar-refractivity contribution in [3.05, 3.63) is 71.7 Å². The van der Waals surface area contributed by atoms with E-state index in [9.17, 15) is 4.79 Å². The first-order valence-electron chi connectivity index (χ1n) is 9.54. The molecule has 0 saturated carbocycles. The van der Waals surface area contributed by atoms with Crippen LogP contribution in [0.25, 0.3) is 11.3 Å². The van der Waals surface area contributed by atoms with E-state index in [1.54, 1.807) is 12.4 Å². The Labute approximate surface area is 164 Å². The molecule has 1 aliphatic carbocycles. The molecule has 3 aromatic rings. The van der Waals surface area contributed by atoms with Gasteiger partial charge in [0.1, 0.15) is 11.7 Å². The predicted molar refractivity (Wildman–Crippen MR) is 107 cm³/mol. The molecule has 0 unspecified atom stereocenters. The number of aryl methyl sites for hydroxylation is 1. The maximum atomic E-state index is 13.0. The highest BCUT2D eigenvalue weighted by molar-refractivity contribution is 5.96. The Morgan fingerprint density at radius 3 is 2.82 bits per heavy atom. The van der Waals surface area contributed by atoms with Crippen molar-refractivity contribution < 1.29 is 9.53 Å². The summed E-state index contributed by atoms with van der Waals surface area (Å²) in [6, 6.07) is 13.8. The Balaban J connectivity index is 1.63. The summed E-state index contributed by atoms with van der Waals surface area (Å²) < 4.78 is 7.74. The van der Waals surface area contributed by atoms with Gasteiger partial charge in [-0.1, -0.05) is 36.4 Å². The lowest BCUT2D eigenvalue weighted by Crippen LogP contribution is -2.20. The second-order valence-electron chi connectivity index (χ2n) is 7.28. The minimum atomic E-state index is -0.349. The second kappa shape index (κ2) is 7.94. The molecule has 0 spiro atoms. The number of carbonyl (C=O) groups is 1. The maximum Gasteiger partial charge on any atom is 0.342 e. The van der Waals surface area contributed by atoms with Gasteiger partial charge in [-0.05, 0) is 38.6 Å². The fraction of sp³-hybridized carbons (Fsp3) is 0.318. The molecule has 144 valence electrons. The van der Waals surface area contributed by atoms with Crippen LogP contribution in [0.1, 0.15) is 34.1 Å². The van der Waals surface area contributed by atoms with Gasteiger partial charge in [0.05, 0.1) is 24.1 Å². The van der Waals surface area contributed by atoms with Gasteiger partial charge in [0, 0.05) is 18.3 Å². The van der Waals surface area contributed by atoms with Crippen LogP contribution in [0.5, 0.6) is 0 Å². The van der Waals surface area contributed by atoms with Crippen molar-refractivity contribution in [1.29, 1.82) is 0 Å². The van der Waals surface area contributed by atoms with Crippen LogP contribution in [-0.2, 0) is 17.7 Å². The van der Waals surface area contributed by atoms with Crippen molar-refractivity contribution in [1.82, 2.24) is 19.7 Å². The molecular weight excluding hydrogens is 352 g/mol. The highest BCUT2D eigenvalue weighted by Gasteiger charge is 2.29. The van der Waals surface area contributed by atoms with E-state index < -0.39 is 0 Å². The van der Waals surface area contributed by atoms with Gasteiger partial charge in [0.25, 0.3) is 0 Å². The van der Waals surface area contributed by atoms with Gasteiger partial charge in [-0.2, -0.15) is 5.10 Å². The van der Waals surface area contributed by atoms with Crippen molar-refractivity contribution in [3.8, 4) is 11.3 Å². The minimum Gasteiger partial charge on any atom is -0.452 e. The molecule has 0 radical (unpaired) electrons. The van der Waals surface area contributed by atoms with Crippen molar-refractivity contribution in [2.45, 2.75) is 25.5 Å². The van der Waals surface area contributed by atoms with Crippen LogP contribution in [0.4, 0.5) is 0 Å². The molecule has 1 atom stereocenters. The summed E-state index contributed by atoms with van der Waals surface area (Å²) in [6.45, 7) is 1.52. The number of benzene rings is 1. The van der Waals surface area contributed by atoms with Gasteiger partial charge in [-0.3, -0.25) is 9.67 Å². The fourth-order valence-electron chi connectivity index (χ4n) is 3.58. The Morgan fingerprint density at radius 2 is 2.04 bits per heavy atom. The van der Waals surface area contributed by atoms with E-state index in [2.05, 4.69) is 15.0 Å². The maximum absolute atomic E-state index is 13.0. The number of rotatable bonds is 6. The van der Waals surface area contributed by atoms with Crippen molar-refractivity contribution in [3.63, 3.8) is 0 Å². The zero-order chi connectivity index (χ0) is 19.5. The summed E-state index contributed by atoms with van der Waals surface area (Å²) in [7, 11) is 4.04. The summed E-state index contributed by atoms with van der Waals surface area (Å²) >= 11 is 0. The Hall–Kier alpha value is -2.99. The first-order chi connectivity index (χ1) is 13.6. The molecular formula is C22H24N4O2. The number of fused-ring (bicyclic) bond motifs is 1. The van der Waals surface area contributed by atoms with Gasteiger partial charge in [0.15, 0.2) is 0 Å². The van der Waals surface area contributed by atoms with Gasteiger partial charge in [-0.15, -0.1) is 0 Å². The van der Waals surface area contributed by atoms with E-state index in [-0.39, 0.29) is 12.1 Å². The quantitative estimate of drug-likeness (QED) is 0.618. The number of hydrogen-bond acceptors (Lipinski definition) is 5. The van der Waals surface area contributed by atoms with Gasteiger partial charge >= 0.3 is 5.97 Å². The predicted octanol–water partition coefficient (Wildman–Crippen LogP) is 3.35. The summed E-state index contributed by atoms with van der Waals surface area (Å²) in [4.78, 5) is 19.6. The molecule has 2 aromatic heterocycles. The molecule has 0 N–H and O–H groups in total. The van der Waals surface area contributed by atoms with E-state index in [0.717, 1.165) is 41.9 Å². The van der Waals surface area contributed by atoms with E-state index in [1.165, 1.54) is 0 Å². The topological polar surface area (TPSA) is 60.2 Å². The lowest BCUT2D eigenvalue weighted by atomic mass is 10.1. The molecule has 4 rings (SSSR count). The third kappa shape index (κ3) is 3.68. The molecule has 0 saturated heterocycles. The van der Waals surface area contributed by atoms with Crippen LogP contribution in [0.15, 0.2) is 54.9 Å². The normalized spacial score (nSPS) is 15.6. The molecule has 0 fully saturated rings. The lowest BCUT2D eigenvalue weighted by molar-refractivity contribution is 0.0293. The molecule has 0 bridgehead atoms. The number of carbonyl (C=O) groups excluding carboxylic acids is 1. The van der Waals surface area contributed by atoms with Gasteiger partial charge in [-0.25, -0.2) is 4.79 Å². The number of likely N-dealkylation sites (N-methyl/N-ethyl adjacent to an activating group) is 1. The number of hydrogen-bond donors (Lipinski definition) is 0. The first kappa shape index (κ1) is 18.4. The summed E-state index contributed by atoms with van der Waals surface area (Å²) in [5.41, 5.74) is 4.28. The Kier molecular flexibility index (Phi) is 5.21. The Morgan fingerprint density at radius 1 is 1.21 bits per heavy atom. The van der Waals surface area contributed by atoms with Crippen LogP contribution >= 0.6 is 0 Å². The fourth-order valence-corrected chi connectivity index (χ4v) is 3.58. The van der Waals surface area contributed by atoms with Crippen LogP contribution in [0.3, 0.4) is 0 Å². The number of ether oxygens (including phenoxy) is 1. The molecule has 0 aliphatic heterocycles. The molecule has 2 heterocycles. The van der Waals surface area contributed by atoms with Crippen molar-refractivity contribution >= 4 is 5.97 Å². The third-order valence-electron chi connectivity index (χ3n) is 5.02. The highest BCUT2D eigenvalue weighted by atomic mass is 16.5. The molecule has 1 aromatic carbocycles. The van der Waals surface area contributed by atoms with E-state index in [4.69, 9.17) is 4.74 Å². The van der Waals surface area contributed by atoms with Crippen molar-refractivity contribution in [2.24, 2.45) is 0 Å². The van der Waals surface area contributed by atoms with Crippen LogP contribution in [0.2, 0.25) is 0 Å². The van der Waals surface area contributed by atoms with Gasteiger partial charge < -0.3 is 9.64 Å². The number of nitrogens with zero attached hydrogens (tertiary/aromatic N) is 4. The van der Waals surface area contributed by atoms with E-state index in [0.29, 0.717) is 12.1 Å². The van der Waals surface area contributed by atoms with E-state index >= 15 is 0 Å². The number of pyridine rings is 1. The standard InChI is InChI=1S/C22H24N4O2/c1-25(2)13-14-26-21(17-7-4-3-5-8-17)18(15-24-26)22(27)28-19-11-10-16-9-6-12-23-20(16)19/h3-9,12,15,19H,10-11,13-14H2,1-2H3/t19-/m0/s1. The monoisotopic (exact) mass is 376 g/mol. The smallest absolute Gasteiger partial charge is 0.342 e.